The third-order valence-electron chi connectivity index (χ3n) is 4.07. The zero-order chi connectivity index (χ0) is 25.4. The Morgan fingerprint density at radius 2 is 0.971 bits per heavy atom. The minimum Gasteiger partial charge on any atom is -0.504 e. The van der Waals surface area contributed by atoms with Gasteiger partial charge in [-0.05, 0) is 47.5 Å². The van der Waals surface area contributed by atoms with Crippen LogP contribution in [0.4, 0.5) is 0 Å². The lowest BCUT2D eigenvalue weighted by Gasteiger charge is -2.19. The van der Waals surface area contributed by atoms with Crippen molar-refractivity contribution in [2.24, 2.45) is 0 Å². The third-order valence-corrected chi connectivity index (χ3v) is 4.07. The fourth-order valence-corrected chi connectivity index (χ4v) is 2.43. The Kier molecular flexibility index (Phi) is 8.20. The van der Waals surface area contributed by atoms with Crippen LogP contribution in [0.5, 0.6) is 23.0 Å². The van der Waals surface area contributed by atoms with Gasteiger partial charge in [0.25, 0.3) is 0 Å². The molecule has 2 aromatic carbocycles. The van der Waals surface area contributed by atoms with Crippen LogP contribution in [-0.4, -0.2) is 66.7 Å². The highest BCUT2D eigenvalue weighted by atomic mass is 16.6. The van der Waals surface area contributed by atoms with Crippen LogP contribution < -0.4 is 0 Å². The molecule has 34 heavy (non-hydrogen) atoms. The zero-order valence-corrected chi connectivity index (χ0v) is 17.1. The number of benzene rings is 2. The van der Waals surface area contributed by atoms with Crippen LogP contribution in [0.3, 0.4) is 0 Å². The molecule has 0 amide bonds. The number of esters is 2. The molecule has 0 aliphatic heterocycles. The molecular formula is C22H18O12. The normalized spacial score (nSPS) is 12.8. The van der Waals surface area contributed by atoms with Gasteiger partial charge in [-0.25, -0.2) is 19.2 Å². The van der Waals surface area contributed by atoms with E-state index in [1.54, 1.807) is 0 Å². The summed E-state index contributed by atoms with van der Waals surface area (Å²) in [4.78, 5) is 46.9. The van der Waals surface area contributed by atoms with Crippen molar-refractivity contribution in [3.8, 4) is 23.0 Å². The van der Waals surface area contributed by atoms with E-state index >= 15 is 0 Å². The van der Waals surface area contributed by atoms with E-state index in [1.165, 1.54) is 12.1 Å². The van der Waals surface area contributed by atoms with Crippen LogP contribution >= 0.6 is 0 Å². The van der Waals surface area contributed by atoms with E-state index in [4.69, 9.17) is 0 Å². The summed E-state index contributed by atoms with van der Waals surface area (Å²) in [7, 11) is 0. The summed E-state index contributed by atoms with van der Waals surface area (Å²) in [6, 6.07) is 7.08. The van der Waals surface area contributed by atoms with E-state index in [2.05, 4.69) is 9.47 Å². The first-order valence-electron chi connectivity index (χ1n) is 9.25. The standard InChI is InChI=1S/C22H18O12/c23-13-5-1-11(9-15(13)25)3-7-17(27)33-19(21(29)30)20(22(31)32)34-18(28)8-4-12-2-6-14(24)16(26)10-12/h1-10,19-20,23-26H,(H,29,30)(H,31,32)/b7-3-,8-4-/t19-,20-/m1/s1. The van der Waals surface area contributed by atoms with Crippen LogP contribution in [0.15, 0.2) is 48.6 Å². The van der Waals surface area contributed by atoms with Crippen LogP contribution in [0.1, 0.15) is 11.1 Å². The monoisotopic (exact) mass is 474 g/mol. The molecule has 0 fully saturated rings. The highest BCUT2D eigenvalue weighted by molar-refractivity contribution is 5.93. The van der Waals surface area contributed by atoms with Gasteiger partial charge in [0.2, 0.25) is 12.2 Å². The number of hydrogen-bond donors (Lipinski definition) is 6. The average molecular weight is 474 g/mol. The van der Waals surface area contributed by atoms with E-state index in [-0.39, 0.29) is 11.1 Å². The molecule has 2 atom stereocenters. The van der Waals surface area contributed by atoms with Gasteiger partial charge in [-0.3, -0.25) is 0 Å². The second kappa shape index (κ2) is 11.0. The fourth-order valence-electron chi connectivity index (χ4n) is 2.43. The number of carbonyl (C=O) groups excluding carboxylic acids is 2. The van der Waals surface area contributed by atoms with Crippen LogP contribution in [0.2, 0.25) is 0 Å². The summed E-state index contributed by atoms with van der Waals surface area (Å²) < 4.78 is 9.25. The summed E-state index contributed by atoms with van der Waals surface area (Å²) in [6.07, 6.45) is -1.15. The van der Waals surface area contributed by atoms with Crippen molar-refractivity contribution in [3.63, 3.8) is 0 Å². The molecule has 0 radical (unpaired) electrons. The maximum atomic E-state index is 12.0. The molecule has 12 nitrogen and oxygen atoms in total. The van der Waals surface area contributed by atoms with Crippen molar-refractivity contribution < 1.29 is 59.3 Å². The number of ether oxygens (including phenoxy) is 2. The molecule has 0 aromatic heterocycles. The summed E-state index contributed by atoms with van der Waals surface area (Å²) in [5.74, 6) is -8.18. The predicted octanol–water partition coefficient (Wildman–Crippen LogP) is 1.23. The lowest BCUT2D eigenvalue weighted by molar-refractivity contribution is -0.183. The Labute approximate surface area is 190 Å². The second-order valence-electron chi connectivity index (χ2n) is 6.55. The average Bonchev–Trinajstić information content (AvgIpc) is 2.77. The smallest absolute Gasteiger partial charge is 0.349 e. The number of carbonyl (C=O) groups is 4. The highest BCUT2D eigenvalue weighted by Gasteiger charge is 2.40. The summed E-state index contributed by atoms with van der Waals surface area (Å²) >= 11 is 0. The topological polar surface area (TPSA) is 208 Å². The van der Waals surface area contributed by atoms with E-state index in [0.717, 1.165) is 48.6 Å². The van der Waals surface area contributed by atoms with Gasteiger partial charge in [-0.15, -0.1) is 0 Å². The van der Waals surface area contributed by atoms with Gasteiger partial charge >= 0.3 is 23.9 Å². The second-order valence-corrected chi connectivity index (χ2v) is 6.55. The van der Waals surface area contributed by atoms with E-state index in [0.29, 0.717) is 0 Å². The van der Waals surface area contributed by atoms with Gasteiger partial charge in [0.1, 0.15) is 0 Å². The van der Waals surface area contributed by atoms with Crippen molar-refractivity contribution in [2.75, 3.05) is 0 Å². The third kappa shape index (κ3) is 7.02. The van der Waals surface area contributed by atoms with Gasteiger partial charge < -0.3 is 40.1 Å². The fraction of sp³-hybridized carbons (Fsp3) is 0.0909. The number of phenolic OH excluding ortho intramolecular Hbond substituents is 4. The van der Waals surface area contributed by atoms with Gasteiger partial charge in [-0.1, -0.05) is 12.1 Å². The molecule has 0 aliphatic carbocycles. The highest BCUT2D eigenvalue weighted by Crippen LogP contribution is 2.26. The van der Waals surface area contributed by atoms with E-state index in [9.17, 15) is 49.8 Å². The van der Waals surface area contributed by atoms with Gasteiger partial charge in [0.05, 0.1) is 0 Å². The Hall–Kier alpha value is -5.00. The van der Waals surface area contributed by atoms with Crippen molar-refractivity contribution in [3.05, 3.63) is 59.7 Å². The van der Waals surface area contributed by atoms with Crippen molar-refractivity contribution in [2.45, 2.75) is 12.2 Å². The lowest BCUT2D eigenvalue weighted by atomic mass is 10.2. The van der Waals surface area contributed by atoms with Crippen molar-refractivity contribution in [1.82, 2.24) is 0 Å². The molecular weight excluding hydrogens is 456 g/mol. The van der Waals surface area contributed by atoms with Gasteiger partial charge in [0, 0.05) is 12.2 Å². The van der Waals surface area contributed by atoms with Crippen molar-refractivity contribution >= 4 is 36.0 Å². The number of rotatable bonds is 9. The number of aromatic hydroxyl groups is 4. The molecule has 0 bridgehead atoms. The molecule has 6 N–H and O–H groups in total. The predicted molar refractivity (Wildman–Crippen MR) is 113 cm³/mol. The summed E-state index contributed by atoms with van der Waals surface area (Å²) in [5.41, 5.74) is 0.455. The first-order chi connectivity index (χ1) is 16.0. The first-order valence-corrected chi connectivity index (χ1v) is 9.25. The molecule has 178 valence electrons. The quantitative estimate of drug-likeness (QED) is 0.172. The van der Waals surface area contributed by atoms with Crippen LogP contribution in [0, 0.1) is 0 Å². The maximum Gasteiger partial charge on any atom is 0.349 e. The number of carboxylic acids is 2. The van der Waals surface area contributed by atoms with E-state index < -0.39 is 59.1 Å². The lowest BCUT2D eigenvalue weighted by Crippen LogP contribution is -2.45. The minimum absolute atomic E-state index is 0.228. The SMILES string of the molecule is O=C(/C=C\c1ccc(O)c(O)c1)O[C@@H](C(=O)O)[C@@H](OC(=O)/C=C\c1ccc(O)c(O)c1)C(=O)O. The van der Waals surface area contributed by atoms with Crippen LogP contribution in [0.25, 0.3) is 12.2 Å². The molecule has 0 aliphatic rings. The maximum absolute atomic E-state index is 12.0. The molecule has 0 saturated carbocycles. The first kappa shape index (κ1) is 25.3. The summed E-state index contributed by atoms with van der Waals surface area (Å²) in [5, 5.41) is 55.9. The number of phenols is 4. The minimum atomic E-state index is -2.40. The van der Waals surface area contributed by atoms with Crippen molar-refractivity contribution in [1.29, 1.82) is 0 Å². The summed E-state index contributed by atoms with van der Waals surface area (Å²) in [6.45, 7) is 0. The molecule has 0 heterocycles. The molecule has 2 rings (SSSR count). The Morgan fingerprint density at radius 3 is 1.26 bits per heavy atom. The molecule has 0 unspecified atom stereocenters. The zero-order valence-electron chi connectivity index (χ0n) is 17.1. The molecule has 12 heteroatoms. The number of hydrogen-bond acceptors (Lipinski definition) is 10. The van der Waals surface area contributed by atoms with Crippen LogP contribution in [-0.2, 0) is 28.7 Å². The number of carboxylic acid groups (broad SMARTS) is 2. The van der Waals surface area contributed by atoms with Gasteiger partial charge in [0.15, 0.2) is 23.0 Å². The van der Waals surface area contributed by atoms with E-state index in [1.807, 2.05) is 0 Å². The molecule has 0 spiro atoms. The Balaban J connectivity index is 2.11. The molecule has 2 aromatic rings. The Bertz CT molecular complexity index is 1070. The largest absolute Gasteiger partial charge is 0.504 e. The Morgan fingerprint density at radius 1 is 0.618 bits per heavy atom. The number of aliphatic carboxylic acids is 2. The van der Waals surface area contributed by atoms with Gasteiger partial charge in [-0.2, -0.15) is 0 Å². The molecule has 0 saturated heterocycles.